The minimum atomic E-state index is -0.759. The van der Waals surface area contributed by atoms with Gasteiger partial charge in [-0.05, 0) is 32.1 Å². The summed E-state index contributed by atoms with van der Waals surface area (Å²) in [6.07, 6.45) is -0.198. The van der Waals surface area contributed by atoms with Crippen molar-refractivity contribution in [2.24, 2.45) is 5.92 Å². The number of aromatic amines is 1. The third-order valence-electron chi connectivity index (χ3n) is 3.60. The zero-order valence-corrected chi connectivity index (χ0v) is 14.7. The summed E-state index contributed by atoms with van der Waals surface area (Å²) in [4.78, 5) is 16.9. The molecule has 0 aromatic carbocycles. The molecule has 7 heteroatoms. The third-order valence-corrected chi connectivity index (χ3v) is 3.60. The van der Waals surface area contributed by atoms with Crippen LogP contribution in [0.4, 0.5) is 5.82 Å². The highest BCUT2D eigenvalue weighted by molar-refractivity contribution is 5.63. The molecule has 128 valence electrons. The molecular formula is C16H27N5O2. The monoisotopic (exact) mass is 321 g/mol. The Morgan fingerprint density at radius 3 is 2.39 bits per heavy atom. The fraction of sp³-hybridized carbons (Fsp3) is 0.688. The van der Waals surface area contributed by atoms with E-state index in [2.05, 4.69) is 20.5 Å². The van der Waals surface area contributed by atoms with Gasteiger partial charge in [0.2, 0.25) is 5.65 Å². The van der Waals surface area contributed by atoms with Gasteiger partial charge in [-0.15, -0.1) is 5.10 Å². The zero-order chi connectivity index (χ0) is 17.3. The lowest BCUT2D eigenvalue weighted by atomic mass is 9.98. The molecule has 0 aliphatic carbocycles. The van der Waals surface area contributed by atoms with Crippen molar-refractivity contribution in [1.82, 2.24) is 19.6 Å². The Morgan fingerprint density at radius 2 is 1.87 bits per heavy atom. The van der Waals surface area contributed by atoms with Gasteiger partial charge in [-0.2, -0.15) is 0 Å². The van der Waals surface area contributed by atoms with Gasteiger partial charge in [0.05, 0.1) is 17.5 Å². The number of anilines is 1. The number of hydrogen-bond donors (Lipinski definition) is 3. The highest BCUT2D eigenvalue weighted by atomic mass is 16.3. The molecule has 0 spiro atoms. The topological polar surface area (TPSA) is 95.3 Å². The Balaban J connectivity index is 2.75. The summed E-state index contributed by atoms with van der Waals surface area (Å²) in [5.74, 6) is 0.935. The van der Waals surface area contributed by atoms with Gasteiger partial charge in [-0.25, -0.2) is 19.3 Å². The highest BCUT2D eigenvalue weighted by Crippen LogP contribution is 2.30. The molecule has 0 bridgehead atoms. The molecule has 2 aromatic rings. The molecule has 7 nitrogen and oxygen atoms in total. The molecule has 0 amide bonds. The second kappa shape index (κ2) is 6.70. The first kappa shape index (κ1) is 17.5. The Labute approximate surface area is 136 Å². The van der Waals surface area contributed by atoms with Gasteiger partial charge in [-0.1, -0.05) is 27.7 Å². The smallest absolute Gasteiger partial charge is 0.348 e. The molecule has 1 unspecified atom stereocenters. The van der Waals surface area contributed by atoms with Crippen LogP contribution in [0.25, 0.3) is 5.65 Å². The van der Waals surface area contributed by atoms with Crippen LogP contribution in [-0.2, 0) is 0 Å². The van der Waals surface area contributed by atoms with Crippen molar-refractivity contribution < 1.29 is 5.11 Å². The molecule has 2 heterocycles. The van der Waals surface area contributed by atoms with Crippen LogP contribution in [0.3, 0.4) is 0 Å². The number of rotatable bonds is 6. The molecule has 1 atom stereocenters. The van der Waals surface area contributed by atoms with Gasteiger partial charge in [0.15, 0.2) is 5.82 Å². The molecule has 0 saturated carbocycles. The van der Waals surface area contributed by atoms with Gasteiger partial charge in [0, 0.05) is 6.04 Å². The largest absolute Gasteiger partial charge is 0.387 e. The first-order valence-electron chi connectivity index (χ1n) is 8.17. The van der Waals surface area contributed by atoms with E-state index in [0.29, 0.717) is 29.5 Å². The van der Waals surface area contributed by atoms with E-state index >= 15 is 0 Å². The summed E-state index contributed by atoms with van der Waals surface area (Å²) in [6.45, 7) is 12.1. The third kappa shape index (κ3) is 3.55. The number of hydrogen-bond acceptors (Lipinski definition) is 5. The number of fused-ring (bicyclic) bond motifs is 1. The van der Waals surface area contributed by atoms with Crippen LogP contribution in [-0.4, -0.2) is 30.7 Å². The van der Waals surface area contributed by atoms with Gasteiger partial charge < -0.3 is 10.4 Å². The fourth-order valence-corrected chi connectivity index (χ4v) is 2.69. The van der Waals surface area contributed by atoms with Crippen molar-refractivity contribution in [3.05, 3.63) is 21.9 Å². The van der Waals surface area contributed by atoms with Gasteiger partial charge in [0.1, 0.15) is 0 Å². The average Bonchev–Trinajstić information content (AvgIpc) is 2.79. The quantitative estimate of drug-likeness (QED) is 0.759. The number of H-pyrrole nitrogens is 1. The molecule has 2 rings (SSSR count). The molecule has 0 saturated heterocycles. The van der Waals surface area contributed by atoms with Crippen molar-refractivity contribution in [1.29, 1.82) is 0 Å². The number of aliphatic hydroxyl groups is 1. The van der Waals surface area contributed by atoms with E-state index in [-0.39, 0.29) is 17.6 Å². The summed E-state index contributed by atoms with van der Waals surface area (Å²) in [5.41, 5.74) is 1.33. The molecular weight excluding hydrogens is 294 g/mol. The lowest BCUT2D eigenvalue weighted by Crippen LogP contribution is -2.23. The Kier molecular flexibility index (Phi) is 5.09. The number of nitrogens with one attached hydrogen (secondary N) is 2. The standard InChI is InChI=1S/C16H27N5O2/c1-8(2)7-11(22)13-12(9(3)4)18-14(17-10(5)6)15-19-20-16(23)21(13)15/h8-11,22H,7H2,1-6H3,(H,17,18)(H,20,23). The maximum atomic E-state index is 12.3. The maximum Gasteiger partial charge on any atom is 0.348 e. The van der Waals surface area contributed by atoms with Gasteiger partial charge in [-0.3, -0.25) is 0 Å². The first-order valence-corrected chi connectivity index (χ1v) is 8.17. The van der Waals surface area contributed by atoms with Crippen LogP contribution < -0.4 is 11.0 Å². The maximum absolute atomic E-state index is 12.3. The van der Waals surface area contributed by atoms with Crippen LogP contribution in [0.15, 0.2) is 4.79 Å². The predicted molar refractivity (Wildman–Crippen MR) is 90.9 cm³/mol. The van der Waals surface area contributed by atoms with Crippen LogP contribution in [0.2, 0.25) is 0 Å². The summed E-state index contributed by atoms with van der Waals surface area (Å²) < 4.78 is 1.46. The minimum Gasteiger partial charge on any atom is -0.387 e. The molecule has 23 heavy (non-hydrogen) atoms. The Bertz CT molecular complexity index is 730. The highest BCUT2D eigenvalue weighted by Gasteiger charge is 2.25. The second-order valence-electron chi connectivity index (χ2n) is 7.02. The summed E-state index contributed by atoms with van der Waals surface area (Å²) >= 11 is 0. The summed E-state index contributed by atoms with van der Waals surface area (Å²) in [7, 11) is 0. The van der Waals surface area contributed by atoms with Crippen molar-refractivity contribution >= 4 is 11.5 Å². The molecule has 3 N–H and O–H groups in total. The fourth-order valence-electron chi connectivity index (χ4n) is 2.69. The van der Waals surface area contributed by atoms with Gasteiger partial charge >= 0.3 is 5.69 Å². The normalized spacial score (nSPS) is 13.5. The number of nitrogens with zero attached hydrogens (tertiary/aromatic N) is 3. The van der Waals surface area contributed by atoms with E-state index in [9.17, 15) is 9.90 Å². The summed E-state index contributed by atoms with van der Waals surface area (Å²) in [6, 6.07) is 0.157. The average molecular weight is 321 g/mol. The SMILES string of the molecule is CC(C)CC(O)c1c(C(C)C)nc(NC(C)C)c2n[nH]c(=O)n12. The zero-order valence-electron chi connectivity index (χ0n) is 14.7. The molecule has 0 aliphatic rings. The Morgan fingerprint density at radius 1 is 1.22 bits per heavy atom. The molecule has 0 radical (unpaired) electrons. The van der Waals surface area contributed by atoms with E-state index in [1.165, 1.54) is 4.40 Å². The lowest BCUT2D eigenvalue weighted by Gasteiger charge is -2.21. The number of aromatic nitrogens is 4. The van der Waals surface area contributed by atoms with Crippen LogP contribution in [0, 0.1) is 5.92 Å². The molecule has 0 aliphatic heterocycles. The second-order valence-corrected chi connectivity index (χ2v) is 7.02. The number of aliphatic hydroxyl groups excluding tert-OH is 1. The van der Waals surface area contributed by atoms with Crippen molar-refractivity contribution in [3.8, 4) is 0 Å². The molecule has 0 fully saturated rings. The van der Waals surface area contributed by atoms with Gasteiger partial charge in [0.25, 0.3) is 0 Å². The molecule has 2 aromatic heterocycles. The van der Waals surface area contributed by atoms with E-state index in [1.807, 2.05) is 41.5 Å². The predicted octanol–water partition coefficient (Wildman–Crippen LogP) is 2.44. The summed E-state index contributed by atoms with van der Waals surface area (Å²) in [5, 5.41) is 20.5. The lowest BCUT2D eigenvalue weighted by molar-refractivity contribution is 0.143. The van der Waals surface area contributed by atoms with E-state index in [0.717, 1.165) is 5.69 Å². The van der Waals surface area contributed by atoms with E-state index in [4.69, 9.17) is 0 Å². The van der Waals surface area contributed by atoms with Crippen LogP contribution >= 0.6 is 0 Å². The van der Waals surface area contributed by atoms with E-state index in [1.54, 1.807) is 0 Å². The van der Waals surface area contributed by atoms with Crippen molar-refractivity contribution in [3.63, 3.8) is 0 Å². The van der Waals surface area contributed by atoms with Crippen LogP contribution in [0.5, 0.6) is 0 Å². The first-order chi connectivity index (χ1) is 10.7. The minimum absolute atomic E-state index is 0.0747. The van der Waals surface area contributed by atoms with Crippen molar-refractivity contribution in [2.45, 2.75) is 66.0 Å². The van der Waals surface area contributed by atoms with E-state index < -0.39 is 6.10 Å². The van der Waals surface area contributed by atoms with Crippen molar-refractivity contribution in [2.75, 3.05) is 5.32 Å². The Hall–Kier alpha value is -1.89. The van der Waals surface area contributed by atoms with Crippen LogP contribution in [0.1, 0.15) is 71.4 Å².